The van der Waals surface area contributed by atoms with Crippen molar-refractivity contribution in [1.82, 2.24) is 4.90 Å². The van der Waals surface area contributed by atoms with E-state index >= 15 is 0 Å². The lowest BCUT2D eigenvalue weighted by Crippen LogP contribution is -2.49. The van der Waals surface area contributed by atoms with Gasteiger partial charge in [0.1, 0.15) is 0 Å². The maximum atomic E-state index is 13.6. The molecule has 3 aliphatic rings. The molecule has 0 radical (unpaired) electrons. The second-order valence-corrected chi connectivity index (χ2v) is 8.07. The van der Waals surface area contributed by atoms with Crippen LogP contribution < -0.4 is 9.47 Å². The van der Waals surface area contributed by atoms with Crippen LogP contribution in [-0.2, 0) is 22.4 Å². The van der Waals surface area contributed by atoms with E-state index in [2.05, 4.69) is 0 Å². The molecule has 5 rings (SSSR count). The van der Waals surface area contributed by atoms with Crippen molar-refractivity contribution in [2.24, 2.45) is 5.92 Å². The standard InChI is InChI=1S/C23H25NO4/c1-27-18-13-15-10-12-24-21(25)23(26,16-7-4-3-5-8-16)20-9-6-11-22(20,24)17(15)14-19(18)28-2/h3-5,7-8,13-14,20,26H,6,9-12H2,1-2H3/t20-,22-,23+/m0/s1. The summed E-state index contributed by atoms with van der Waals surface area (Å²) in [6.07, 6.45) is 3.42. The number of hydrogen-bond donors (Lipinski definition) is 1. The van der Waals surface area contributed by atoms with E-state index in [1.165, 1.54) is 5.56 Å². The van der Waals surface area contributed by atoms with E-state index in [0.717, 1.165) is 31.2 Å². The fraction of sp³-hybridized carbons (Fsp3) is 0.435. The molecule has 2 aliphatic heterocycles. The monoisotopic (exact) mass is 379 g/mol. The molecule has 0 unspecified atom stereocenters. The molecule has 1 amide bonds. The number of methoxy groups -OCH3 is 2. The Labute approximate surface area is 164 Å². The van der Waals surface area contributed by atoms with Crippen LogP contribution in [0, 0.1) is 5.92 Å². The molecular weight excluding hydrogens is 354 g/mol. The van der Waals surface area contributed by atoms with Crippen molar-refractivity contribution in [3.63, 3.8) is 0 Å². The molecule has 0 aromatic heterocycles. The minimum Gasteiger partial charge on any atom is -0.493 e. The average molecular weight is 379 g/mol. The van der Waals surface area contributed by atoms with Gasteiger partial charge in [-0.2, -0.15) is 0 Å². The largest absolute Gasteiger partial charge is 0.493 e. The molecule has 5 heteroatoms. The van der Waals surface area contributed by atoms with Crippen molar-refractivity contribution in [3.8, 4) is 11.5 Å². The Bertz CT molecular complexity index is 943. The van der Waals surface area contributed by atoms with Crippen LogP contribution in [0.25, 0.3) is 0 Å². The highest BCUT2D eigenvalue weighted by atomic mass is 16.5. The highest BCUT2D eigenvalue weighted by Gasteiger charge is 2.69. The SMILES string of the molecule is COc1cc2c(cc1OC)[C@@]13CCC[C@@H]1[C@](O)(c1ccccc1)C(=O)N3CC2. The Morgan fingerprint density at radius 2 is 1.82 bits per heavy atom. The fourth-order valence-electron chi connectivity index (χ4n) is 5.95. The third-order valence-corrected chi connectivity index (χ3v) is 7.08. The Morgan fingerprint density at radius 1 is 1.11 bits per heavy atom. The first kappa shape index (κ1) is 17.6. The zero-order valence-corrected chi connectivity index (χ0v) is 16.3. The normalized spacial score (nSPS) is 30.6. The summed E-state index contributed by atoms with van der Waals surface area (Å²) < 4.78 is 11.1. The molecule has 0 bridgehead atoms. The highest BCUT2D eigenvalue weighted by molar-refractivity contribution is 5.91. The van der Waals surface area contributed by atoms with Crippen LogP contribution in [-0.4, -0.2) is 36.7 Å². The second kappa shape index (κ2) is 5.98. The van der Waals surface area contributed by atoms with Gasteiger partial charge in [-0.1, -0.05) is 36.8 Å². The summed E-state index contributed by atoms with van der Waals surface area (Å²) in [6, 6.07) is 13.5. The van der Waals surface area contributed by atoms with Crippen molar-refractivity contribution in [2.45, 2.75) is 36.8 Å². The fourth-order valence-corrected chi connectivity index (χ4v) is 5.95. The second-order valence-electron chi connectivity index (χ2n) is 8.07. The third-order valence-electron chi connectivity index (χ3n) is 7.08. The minimum atomic E-state index is -1.48. The van der Waals surface area contributed by atoms with Crippen LogP contribution in [0.1, 0.15) is 36.0 Å². The summed E-state index contributed by atoms with van der Waals surface area (Å²) in [5.74, 6) is 1.05. The van der Waals surface area contributed by atoms with Gasteiger partial charge in [-0.3, -0.25) is 4.79 Å². The molecule has 2 aromatic carbocycles. The number of benzene rings is 2. The van der Waals surface area contributed by atoms with Gasteiger partial charge in [0.2, 0.25) is 0 Å². The van der Waals surface area contributed by atoms with E-state index in [4.69, 9.17) is 9.47 Å². The number of ether oxygens (including phenoxy) is 2. The molecule has 3 atom stereocenters. The summed E-state index contributed by atoms with van der Waals surface area (Å²) in [6.45, 7) is 0.618. The Balaban J connectivity index is 1.74. The average Bonchev–Trinajstić information content (AvgIpc) is 3.25. The minimum absolute atomic E-state index is 0.163. The molecule has 1 aliphatic carbocycles. The van der Waals surface area contributed by atoms with Gasteiger partial charge >= 0.3 is 0 Å². The summed E-state index contributed by atoms with van der Waals surface area (Å²) in [5, 5.41) is 11.8. The van der Waals surface area contributed by atoms with Crippen LogP contribution in [0.15, 0.2) is 42.5 Å². The number of carbonyl (C=O) groups is 1. The van der Waals surface area contributed by atoms with Gasteiger partial charge < -0.3 is 19.5 Å². The number of amides is 1. The third kappa shape index (κ3) is 1.97. The number of hydrogen-bond acceptors (Lipinski definition) is 4. The van der Waals surface area contributed by atoms with Crippen LogP contribution in [0.5, 0.6) is 11.5 Å². The molecule has 5 nitrogen and oxygen atoms in total. The van der Waals surface area contributed by atoms with Gasteiger partial charge in [-0.25, -0.2) is 0 Å². The van der Waals surface area contributed by atoms with E-state index in [1.807, 2.05) is 47.4 Å². The van der Waals surface area contributed by atoms with Gasteiger partial charge in [-0.15, -0.1) is 0 Å². The van der Waals surface area contributed by atoms with Crippen LogP contribution >= 0.6 is 0 Å². The van der Waals surface area contributed by atoms with E-state index < -0.39 is 11.1 Å². The number of fused-ring (bicyclic) bond motifs is 1. The maximum Gasteiger partial charge on any atom is 0.260 e. The quantitative estimate of drug-likeness (QED) is 0.891. The van der Waals surface area contributed by atoms with Crippen LogP contribution in [0.2, 0.25) is 0 Å². The molecule has 1 N–H and O–H groups in total. The van der Waals surface area contributed by atoms with E-state index in [0.29, 0.717) is 23.6 Å². The van der Waals surface area contributed by atoms with Crippen molar-refractivity contribution >= 4 is 5.91 Å². The van der Waals surface area contributed by atoms with Gasteiger partial charge in [0.25, 0.3) is 5.91 Å². The Hall–Kier alpha value is -2.53. The molecule has 2 aromatic rings. The molecule has 1 spiro atoms. The highest BCUT2D eigenvalue weighted by Crippen LogP contribution is 2.63. The van der Waals surface area contributed by atoms with Gasteiger partial charge in [0.15, 0.2) is 17.1 Å². The van der Waals surface area contributed by atoms with Crippen molar-refractivity contribution in [3.05, 3.63) is 59.2 Å². The molecule has 146 valence electrons. The zero-order chi connectivity index (χ0) is 19.5. The van der Waals surface area contributed by atoms with Gasteiger partial charge in [0.05, 0.1) is 19.8 Å². The predicted molar refractivity (Wildman–Crippen MR) is 104 cm³/mol. The number of aliphatic hydroxyl groups is 1. The smallest absolute Gasteiger partial charge is 0.260 e. The zero-order valence-electron chi connectivity index (χ0n) is 16.3. The van der Waals surface area contributed by atoms with Crippen molar-refractivity contribution in [2.75, 3.05) is 20.8 Å². The molecule has 1 saturated carbocycles. The molecule has 1 saturated heterocycles. The Kier molecular flexibility index (Phi) is 3.75. The van der Waals surface area contributed by atoms with Crippen molar-refractivity contribution < 1.29 is 19.4 Å². The van der Waals surface area contributed by atoms with Crippen LogP contribution in [0.4, 0.5) is 0 Å². The molecule has 2 heterocycles. The topological polar surface area (TPSA) is 59.0 Å². The first-order chi connectivity index (χ1) is 13.6. The maximum absolute atomic E-state index is 13.6. The van der Waals surface area contributed by atoms with Gasteiger partial charge in [-0.05, 0) is 48.1 Å². The summed E-state index contributed by atoms with van der Waals surface area (Å²) in [4.78, 5) is 15.5. The number of rotatable bonds is 3. The summed E-state index contributed by atoms with van der Waals surface area (Å²) in [7, 11) is 3.28. The molecule has 28 heavy (non-hydrogen) atoms. The van der Waals surface area contributed by atoms with Gasteiger partial charge in [0, 0.05) is 12.5 Å². The lowest BCUT2D eigenvalue weighted by atomic mass is 9.70. The van der Waals surface area contributed by atoms with Crippen molar-refractivity contribution in [1.29, 1.82) is 0 Å². The predicted octanol–water partition coefficient (Wildman–Crippen LogP) is 2.99. The lowest BCUT2D eigenvalue weighted by molar-refractivity contribution is -0.147. The van der Waals surface area contributed by atoms with E-state index in [-0.39, 0.29) is 11.8 Å². The first-order valence-corrected chi connectivity index (χ1v) is 9.92. The molecular formula is C23H25NO4. The summed E-state index contributed by atoms with van der Waals surface area (Å²) >= 11 is 0. The summed E-state index contributed by atoms with van der Waals surface area (Å²) in [5.41, 5.74) is 1.04. The lowest BCUT2D eigenvalue weighted by Gasteiger charge is -2.44. The Morgan fingerprint density at radius 3 is 2.54 bits per heavy atom. The number of carbonyl (C=O) groups excluding carboxylic acids is 1. The van der Waals surface area contributed by atoms with E-state index in [1.54, 1.807) is 14.2 Å². The van der Waals surface area contributed by atoms with Crippen LogP contribution in [0.3, 0.4) is 0 Å². The number of nitrogens with zero attached hydrogens (tertiary/aromatic N) is 1. The molecule has 2 fully saturated rings. The van der Waals surface area contributed by atoms with E-state index in [9.17, 15) is 9.90 Å². The first-order valence-electron chi connectivity index (χ1n) is 9.92.